The van der Waals surface area contributed by atoms with Crippen molar-refractivity contribution in [2.45, 2.75) is 12.8 Å². The highest BCUT2D eigenvalue weighted by Crippen LogP contribution is 2.35. The molecular weight excluding hydrogens is 224 g/mol. The molecule has 0 saturated carbocycles. The van der Waals surface area contributed by atoms with Gasteiger partial charge in [-0.2, -0.15) is 0 Å². The lowest BCUT2D eigenvalue weighted by Crippen LogP contribution is -2.07. The maximum atomic E-state index is 6.01. The molecular formula is C14H18N4. The second kappa shape index (κ2) is 4.49. The molecule has 8 N–H and O–H groups in total. The minimum Gasteiger partial charge on any atom is -0.397 e. The highest BCUT2D eigenvalue weighted by molar-refractivity contribution is 5.73. The molecule has 2 aromatic rings. The smallest absolute Gasteiger partial charge is 0.0586 e. The highest BCUT2D eigenvalue weighted by Gasteiger charge is 2.16. The van der Waals surface area contributed by atoms with Crippen LogP contribution in [0.15, 0.2) is 36.4 Å². The summed E-state index contributed by atoms with van der Waals surface area (Å²) in [5.74, 6) is 0.0528. The third kappa shape index (κ3) is 1.93. The monoisotopic (exact) mass is 242 g/mol. The number of para-hydroxylation sites is 2. The summed E-state index contributed by atoms with van der Waals surface area (Å²) in [6.45, 7) is 2.04. The van der Waals surface area contributed by atoms with E-state index in [2.05, 4.69) is 0 Å². The fourth-order valence-corrected chi connectivity index (χ4v) is 2.13. The minimum absolute atomic E-state index is 0.0528. The van der Waals surface area contributed by atoms with Crippen molar-refractivity contribution >= 4 is 22.7 Å². The molecule has 0 bridgehead atoms. The zero-order chi connectivity index (χ0) is 13.3. The molecule has 0 aliphatic heterocycles. The van der Waals surface area contributed by atoms with Gasteiger partial charge in [0.2, 0.25) is 0 Å². The number of benzene rings is 2. The van der Waals surface area contributed by atoms with E-state index in [0.29, 0.717) is 22.7 Å². The van der Waals surface area contributed by atoms with Crippen molar-refractivity contribution in [1.82, 2.24) is 0 Å². The fraction of sp³-hybridized carbons (Fsp3) is 0.143. The molecule has 0 spiro atoms. The summed E-state index contributed by atoms with van der Waals surface area (Å²) in [5, 5.41) is 0. The largest absolute Gasteiger partial charge is 0.397 e. The van der Waals surface area contributed by atoms with Gasteiger partial charge in [-0.05, 0) is 23.3 Å². The Labute approximate surface area is 107 Å². The van der Waals surface area contributed by atoms with E-state index < -0.39 is 0 Å². The van der Waals surface area contributed by atoms with Crippen LogP contribution in [0.5, 0.6) is 0 Å². The average Bonchev–Trinajstić information content (AvgIpc) is 2.35. The lowest BCUT2D eigenvalue weighted by molar-refractivity contribution is 0.930. The van der Waals surface area contributed by atoms with Gasteiger partial charge in [-0.1, -0.05) is 31.2 Å². The van der Waals surface area contributed by atoms with E-state index in [-0.39, 0.29) is 5.92 Å². The van der Waals surface area contributed by atoms with Crippen LogP contribution in [0.1, 0.15) is 24.0 Å². The summed E-state index contributed by atoms with van der Waals surface area (Å²) in [6.07, 6.45) is 0. The van der Waals surface area contributed by atoms with Crippen LogP contribution in [-0.4, -0.2) is 0 Å². The number of nitrogens with two attached hydrogens (primary N) is 4. The molecule has 94 valence electrons. The van der Waals surface area contributed by atoms with Crippen LogP contribution in [0.2, 0.25) is 0 Å². The van der Waals surface area contributed by atoms with E-state index in [1.165, 1.54) is 0 Å². The molecule has 0 aromatic heterocycles. The van der Waals surface area contributed by atoms with Gasteiger partial charge in [0.1, 0.15) is 0 Å². The molecule has 2 rings (SSSR count). The first-order valence-electron chi connectivity index (χ1n) is 5.80. The van der Waals surface area contributed by atoms with Crippen molar-refractivity contribution in [3.05, 3.63) is 47.5 Å². The maximum absolute atomic E-state index is 6.01. The van der Waals surface area contributed by atoms with Crippen LogP contribution in [0.4, 0.5) is 22.7 Å². The fourth-order valence-electron chi connectivity index (χ4n) is 2.13. The normalized spacial score (nSPS) is 10.8. The molecule has 0 saturated heterocycles. The van der Waals surface area contributed by atoms with E-state index in [0.717, 1.165) is 11.1 Å². The number of hydrogen-bond donors (Lipinski definition) is 4. The van der Waals surface area contributed by atoms with Gasteiger partial charge < -0.3 is 22.9 Å². The Bertz CT molecular complexity index is 527. The van der Waals surface area contributed by atoms with Crippen molar-refractivity contribution < 1.29 is 0 Å². The van der Waals surface area contributed by atoms with Gasteiger partial charge in [0.15, 0.2) is 0 Å². The molecule has 0 amide bonds. The average molecular weight is 242 g/mol. The molecule has 0 aliphatic carbocycles. The second-order valence-corrected chi connectivity index (χ2v) is 4.42. The summed E-state index contributed by atoms with van der Waals surface area (Å²) >= 11 is 0. The number of rotatable bonds is 2. The molecule has 0 fully saturated rings. The van der Waals surface area contributed by atoms with Gasteiger partial charge in [0.05, 0.1) is 22.7 Å². The second-order valence-electron chi connectivity index (χ2n) is 4.42. The van der Waals surface area contributed by atoms with Gasteiger partial charge in [0.25, 0.3) is 0 Å². The van der Waals surface area contributed by atoms with Crippen molar-refractivity contribution in [3.63, 3.8) is 0 Å². The van der Waals surface area contributed by atoms with Gasteiger partial charge in [-0.25, -0.2) is 0 Å². The Kier molecular flexibility index (Phi) is 3.02. The summed E-state index contributed by atoms with van der Waals surface area (Å²) < 4.78 is 0. The van der Waals surface area contributed by atoms with Crippen LogP contribution in [0.25, 0.3) is 0 Å². The molecule has 0 atom stereocenters. The van der Waals surface area contributed by atoms with E-state index in [4.69, 9.17) is 22.9 Å². The minimum atomic E-state index is 0.0528. The number of hydrogen-bond acceptors (Lipinski definition) is 4. The van der Waals surface area contributed by atoms with E-state index in [9.17, 15) is 0 Å². The van der Waals surface area contributed by atoms with E-state index in [1.807, 2.05) is 31.2 Å². The first-order chi connectivity index (χ1) is 8.52. The summed E-state index contributed by atoms with van der Waals surface area (Å²) in [6, 6.07) is 11.3. The Morgan fingerprint density at radius 1 is 0.722 bits per heavy atom. The number of anilines is 4. The van der Waals surface area contributed by atoms with Crippen LogP contribution in [-0.2, 0) is 0 Å². The van der Waals surface area contributed by atoms with Crippen LogP contribution in [0.3, 0.4) is 0 Å². The predicted octanol–water partition coefficient (Wildman–Crippen LogP) is 2.17. The zero-order valence-electron chi connectivity index (χ0n) is 10.4. The summed E-state index contributed by atoms with van der Waals surface area (Å²) in [5.41, 5.74) is 28.0. The molecule has 0 aliphatic rings. The Morgan fingerprint density at radius 3 is 1.50 bits per heavy atom. The zero-order valence-corrected chi connectivity index (χ0v) is 10.4. The summed E-state index contributed by atoms with van der Waals surface area (Å²) in [4.78, 5) is 0. The molecule has 0 heterocycles. The van der Waals surface area contributed by atoms with Gasteiger partial charge in [-0.3, -0.25) is 0 Å². The topological polar surface area (TPSA) is 104 Å². The molecule has 4 nitrogen and oxygen atoms in total. The van der Waals surface area contributed by atoms with Crippen LogP contribution >= 0.6 is 0 Å². The van der Waals surface area contributed by atoms with Crippen molar-refractivity contribution in [2.24, 2.45) is 0 Å². The SMILES string of the molecule is CC(c1cccc(N)c1N)c1cccc(N)c1N. The lowest BCUT2D eigenvalue weighted by Gasteiger charge is -2.18. The van der Waals surface area contributed by atoms with Gasteiger partial charge in [-0.15, -0.1) is 0 Å². The third-order valence-corrected chi connectivity index (χ3v) is 3.28. The Morgan fingerprint density at radius 2 is 1.11 bits per heavy atom. The summed E-state index contributed by atoms with van der Waals surface area (Å²) in [7, 11) is 0. The molecule has 2 aromatic carbocycles. The predicted molar refractivity (Wildman–Crippen MR) is 78.1 cm³/mol. The maximum Gasteiger partial charge on any atom is 0.0586 e. The van der Waals surface area contributed by atoms with E-state index >= 15 is 0 Å². The van der Waals surface area contributed by atoms with Gasteiger partial charge in [0, 0.05) is 5.92 Å². The Balaban J connectivity index is 2.51. The van der Waals surface area contributed by atoms with Crippen molar-refractivity contribution in [1.29, 1.82) is 0 Å². The standard InChI is InChI=1S/C14H18N4/c1-8(9-4-2-6-11(15)13(9)17)10-5-3-7-12(16)14(10)18/h2-8H,15-18H2,1H3. The molecule has 0 radical (unpaired) electrons. The third-order valence-electron chi connectivity index (χ3n) is 3.28. The molecule has 4 heteroatoms. The quantitative estimate of drug-likeness (QED) is 0.606. The van der Waals surface area contributed by atoms with Gasteiger partial charge >= 0.3 is 0 Å². The van der Waals surface area contributed by atoms with Crippen molar-refractivity contribution in [3.8, 4) is 0 Å². The first kappa shape index (κ1) is 12.1. The number of nitrogen functional groups attached to an aromatic ring is 4. The van der Waals surface area contributed by atoms with Crippen LogP contribution in [0, 0.1) is 0 Å². The highest BCUT2D eigenvalue weighted by atomic mass is 14.7. The lowest BCUT2D eigenvalue weighted by atomic mass is 9.90. The van der Waals surface area contributed by atoms with Crippen LogP contribution < -0.4 is 22.9 Å². The van der Waals surface area contributed by atoms with E-state index in [1.54, 1.807) is 12.1 Å². The first-order valence-corrected chi connectivity index (χ1v) is 5.80. The molecule has 18 heavy (non-hydrogen) atoms. The molecule has 0 unspecified atom stereocenters. The van der Waals surface area contributed by atoms with Crippen molar-refractivity contribution in [2.75, 3.05) is 22.9 Å². The Hall–Kier alpha value is -2.36.